The normalized spacial score (nSPS) is 12.1. The largest absolute Gasteiger partial charge is 0.391 e. The number of benzene rings is 2. The lowest BCUT2D eigenvalue weighted by molar-refractivity contribution is 0.0917. The molecule has 128 valence electrons. The minimum Gasteiger partial charge on any atom is -0.391 e. The number of aliphatic hydroxyl groups excluding tert-OH is 1. The average Bonchev–Trinajstić information content (AvgIpc) is 2.61. The van der Waals surface area contributed by atoms with Crippen LogP contribution in [-0.2, 0) is 6.42 Å². The molecule has 1 aromatic heterocycles. The lowest BCUT2D eigenvalue weighted by atomic mass is 10.1. The van der Waals surface area contributed by atoms with Crippen LogP contribution in [0.4, 0.5) is 8.78 Å². The molecule has 1 atom stereocenters. The van der Waals surface area contributed by atoms with E-state index in [1.54, 1.807) is 36.5 Å². The third-order valence-electron chi connectivity index (χ3n) is 3.86. The van der Waals surface area contributed by atoms with Crippen LogP contribution in [0.2, 0.25) is 0 Å². The molecule has 0 radical (unpaired) electrons. The quantitative estimate of drug-likeness (QED) is 0.749. The molecule has 0 aliphatic carbocycles. The molecule has 2 aromatic carbocycles. The third-order valence-corrected chi connectivity index (χ3v) is 3.86. The highest BCUT2D eigenvalue weighted by atomic mass is 19.1. The average molecular weight is 342 g/mol. The van der Waals surface area contributed by atoms with Crippen molar-refractivity contribution in [3.63, 3.8) is 0 Å². The molecule has 0 aliphatic heterocycles. The molecule has 3 aromatic rings. The van der Waals surface area contributed by atoms with Gasteiger partial charge in [0.05, 0.1) is 11.6 Å². The van der Waals surface area contributed by atoms with Crippen molar-refractivity contribution in [1.29, 1.82) is 0 Å². The van der Waals surface area contributed by atoms with Crippen molar-refractivity contribution in [3.8, 4) is 0 Å². The highest BCUT2D eigenvalue weighted by Gasteiger charge is 2.14. The first-order valence-corrected chi connectivity index (χ1v) is 7.78. The van der Waals surface area contributed by atoms with Gasteiger partial charge in [-0.3, -0.25) is 9.78 Å². The summed E-state index contributed by atoms with van der Waals surface area (Å²) in [6.45, 7) is -0.0493. The molecule has 3 rings (SSSR count). The van der Waals surface area contributed by atoms with E-state index in [4.69, 9.17) is 0 Å². The number of hydrogen-bond acceptors (Lipinski definition) is 3. The summed E-state index contributed by atoms with van der Waals surface area (Å²) in [5.41, 5.74) is 1.34. The van der Waals surface area contributed by atoms with Gasteiger partial charge in [0.15, 0.2) is 0 Å². The van der Waals surface area contributed by atoms with Crippen molar-refractivity contribution in [2.45, 2.75) is 12.5 Å². The molecular formula is C19H16F2N2O2. The maximum atomic E-state index is 13.6. The Hall–Kier alpha value is -2.86. The Morgan fingerprint density at radius 3 is 2.80 bits per heavy atom. The number of aromatic nitrogens is 1. The predicted octanol–water partition coefficient (Wildman–Crippen LogP) is 2.85. The standard InChI is InChI=1S/C19H16F2N2O2/c20-13-7-6-12(17(21)10-13)9-14(24)11-23-19(25)16-3-1-5-18-15(16)4-2-8-22-18/h1-8,10,14,24H,9,11H2,(H,23,25)/t14-/m0/s1. The Labute approximate surface area is 143 Å². The van der Waals surface area contributed by atoms with Crippen LogP contribution in [0, 0.1) is 11.6 Å². The van der Waals surface area contributed by atoms with E-state index in [1.165, 1.54) is 6.07 Å². The van der Waals surface area contributed by atoms with Crippen LogP contribution in [0.5, 0.6) is 0 Å². The Balaban J connectivity index is 1.65. The molecule has 0 saturated carbocycles. The zero-order chi connectivity index (χ0) is 17.8. The molecule has 25 heavy (non-hydrogen) atoms. The minimum absolute atomic E-state index is 0.0243. The number of fused-ring (bicyclic) bond motifs is 1. The van der Waals surface area contributed by atoms with E-state index in [0.717, 1.165) is 12.1 Å². The first-order valence-electron chi connectivity index (χ1n) is 7.78. The van der Waals surface area contributed by atoms with Crippen molar-refractivity contribution in [3.05, 3.63) is 77.5 Å². The van der Waals surface area contributed by atoms with E-state index in [1.807, 2.05) is 0 Å². The minimum atomic E-state index is -0.989. The number of carbonyl (C=O) groups is 1. The van der Waals surface area contributed by atoms with Crippen molar-refractivity contribution in [1.82, 2.24) is 10.3 Å². The van der Waals surface area contributed by atoms with Gasteiger partial charge in [0.25, 0.3) is 5.91 Å². The van der Waals surface area contributed by atoms with Crippen molar-refractivity contribution in [2.75, 3.05) is 6.54 Å². The fraction of sp³-hybridized carbons (Fsp3) is 0.158. The number of pyridine rings is 1. The molecule has 0 saturated heterocycles. The van der Waals surface area contributed by atoms with Gasteiger partial charge >= 0.3 is 0 Å². The number of nitrogens with one attached hydrogen (secondary N) is 1. The summed E-state index contributed by atoms with van der Waals surface area (Å²) in [6.07, 6.45) is 0.631. The van der Waals surface area contributed by atoms with Gasteiger partial charge in [0.2, 0.25) is 0 Å². The van der Waals surface area contributed by atoms with Gasteiger partial charge in [-0.25, -0.2) is 8.78 Å². The summed E-state index contributed by atoms with van der Waals surface area (Å²) in [5.74, 6) is -1.74. The fourth-order valence-corrected chi connectivity index (χ4v) is 2.62. The van der Waals surface area contributed by atoms with Crippen LogP contribution < -0.4 is 5.32 Å². The monoisotopic (exact) mass is 342 g/mol. The summed E-state index contributed by atoms with van der Waals surface area (Å²) in [4.78, 5) is 16.5. The van der Waals surface area contributed by atoms with Crippen LogP contribution in [0.1, 0.15) is 15.9 Å². The molecule has 0 bridgehead atoms. The number of hydrogen-bond donors (Lipinski definition) is 2. The van der Waals surface area contributed by atoms with E-state index < -0.39 is 17.7 Å². The zero-order valence-electron chi connectivity index (χ0n) is 13.2. The Kier molecular flexibility index (Phi) is 5.00. The number of nitrogens with zero attached hydrogens (tertiary/aromatic N) is 1. The Morgan fingerprint density at radius 1 is 1.16 bits per heavy atom. The molecule has 0 spiro atoms. The topological polar surface area (TPSA) is 62.2 Å². The second kappa shape index (κ2) is 7.36. The molecule has 1 heterocycles. The van der Waals surface area contributed by atoms with E-state index in [0.29, 0.717) is 16.5 Å². The zero-order valence-corrected chi connectivity index (χ0v) is 13.2. The van der Waals surface area contributed by atoms with E-state index >= 15 is 0 Å². The van der Waals surface area contributed by atoms with Gasteiger partial charge in [0.1, 0.15) is 11.6 Å². The van der Waals surface area contributed by atoms with Gasteiger partial charge in [-0.15, -0.1) is 0 Å². The molecule has 1 amide bonds. The number of halogens is 2. The van der Waals surface area contributed by atoms with Crippen LogP contribution >= 0.6 is 0 Å². The van der Waals surface area contributed by atoms with Crippen molar-refractivity contribution >= 4 is 16.8 Å². The molecule has 0 aliphatic rings. The molecule has 6 heteroatoms. The number of amides is 1. The van der Waals surface area contributed by atoms with Crippen molar-refractivity contribution in [2.24, 2.45) is 0 Å². The first kappa shape index (κ1) is 17.0. The highest BCUT2D eigenvalue weighted by Crippen LogP contribution is 2.16. The second-order valence-corrected chi connectivity index (χ2v) is 5.68. The lowest BCUT2D eigenvalue weighted by Gasteiger charge is -2.13. The van der Waals surface area contributed by atoms with Crippen molar-refractivity contribution < 1.29 is 18.7 Å². The van der Waals surface area contributed by atoms with Gasteiger partial charge < -0.3 is 10.4 Å². The summed E-state index contributed by atoms with van der Waals surface area (Å²) < 4.78 is 26.5. The van der Waals surface area contributed by atoms with Gasteiger partial charge in [-0.05, 0) is 29.8 Å². The van der Waals surface area contributed by atoms with Crippen LogP contribution in [-0.4, -0.2) is 28.6 Å². The fourth-order valence-electron chi connectivity index (χ4n) is 2.62. The van der Waals surface area contributed by atoms with E-state index in [2.05, 4.69) is 10.3 Å². The summed E-state index contributed by atoms with van der Waals surface area (Å²) in [7, 11) is 0. The molecule has 0 fully saturated rings. The highest BCUT2D eigenvalue weighted by molar-refractivity contribution is 6.06. The maximum absolute atomic E-state index is 13.6. The molecular weight excluding hydrogens is 326 g/mol. The number of carbonyl (C=O) groups excluding carboxylic acids is 1. The summed E-state index contributed by atoms with van der Waals surface area (Å²) in [6, 6.07) is 11.9. The van der Waals surface area contributed by atoms with Gasteiger partial charge in [-0.1, -0.05) is 18.2 Å². The summed E-state index contributed by atoms with van der Waals surface area (Å²) >= 11 is 0. The van der Waals surface area contributed by atoms with Crippen LogP contribution in [0.25, 0.3) is 10.9 Å². The van der Waals surface area contributed by atoms with Crippen LogP contribution in [0.3, 0.4) is 0 Å². The number of aliphatic hydroxyl groups is 1. The summed E-state index contributed by atoms with van der Waals surface area (Å²) in [5, 5.41) is 13.4. The lowest BCUT2D eigenvalue weighted by Crippen LogP contribution is -2.33. The van der Waals surface area contributed by atoms with Crippen LogP contribution in [0.15, 0.2) is 54.7 Å². The molecule has 2 N–H and O–H groups in total. The second-order valence-electron chi connectivity index (χ2n) is 5.68. The predicted molar refractivity (Wildman–Crippen MR) is 90.1 cm³/mol. The first-order chi connectivity index (χ1) is 12.0. The molecule has 0 unspecified atom stereocenters. The third kappa shape index (κ3) is 3.97. The van der Waals surface area contributed by atoms with E-state index in [-0.39, 0.29) is 24.4 Å². The SMILES string of the molecule is O=C(NC[C@@H](O)Cc1ccc(F)cc1F)c1cccc2ncccc12. The Bertz CT molecular complexity index is 910. The molecule has 4 nitrogen and oxygen atoms in total. The smallest absolute Gasteiger partial charge is 0.252 e. The Morgan fingerprint density at radius 2 is 2.00 bits per heavy atom. The van der Waals surface area contributed by atoms with Gasteiger partial charge in [0, 0.05) is 36.2 Å². The number of rotatable bonds is 5. The van der Waals surface area contributed by atoms with Gasteiger partial charge in [-0.2, -0.15) is 0 Å². The maximum Gasteiger partial charge on any atom is 0.252 e. The van der Waals surface area contributed by atoms with E-state index in [9.17, 15) is 18.7 Å².